The number of phenols is 1. The van der Waals surface area contributed by atoms with Crippen molar-refractivity contribution in [2.45, 2.75) is 6.61 Å². The quantitative estimate of drug-likeness (QED) is 0.697. The van der Waals surface area contributed by atoms with Gasteiger partial charge in [0.1, 0.15) is 18.1 Å². The summed E-state index contributed by atoms with van der Waals surface area (Å²) in [6.45, 7) is 0.294. The Morgan fingerprint density at radius 2 is 1.57 bits per heavy atom. The van der Waals surface area contributed by atoms with Gasteiger partial charge in [0.2, 0.25) is 0 Å². The first kappa shape index (κ1) is 14.1. The highest BCUT2D eigenvalue weighted by Gasteiger charge is 2.06. The molecule has 1 N–H and O–H groups in total. The normalized spacial score (nSPS) is 10.8. The summed E-state index contributed by atoms with van der Waals surface area (Å²) in [5.74, 6) is 0.929. The Morgan fingerprint density at radius 1 is 0.857 bits per heavy atom. The number of aromatic hydroxyl groups is 1. The van der Waals surface area contributed by atoms with Crippen molar-refractivity contribution >= 4 is 34.0 Å². The van der Waals surface area contributed by atoms with E-state index in [9.17, 15) is 5.11 Å². The van der Waals surface area contributed by atoms with Crippen molar-refractivity contribution in [3.8, 4) is 11.5 Å². The van der Waals surface area contributed by atoms with E-state index < -0.39 is 0 Å². The lowest BCUT2D eigenvalue weighted by atomic mass is 10.1. The zero-order chi connectivity index (χ0) is 14.8. The van der Waals surface area contributed by atoms with Crippen molar-refractivity contribution in [2.24, 2.45) is 0 Å². The van der Waals surface area contributed by atoms with Crippen LogP contribution in [0.2, 0.25) is 10.0 Å². The predicted molar refractivity (Wildman–Crippen MR) is 86.4 cm³/mol. The predicted octanol–water partition coefficient (Wildman–Crippen LogP) is 5.43. The lowest BCUT2D eigenvalue weighted by Crippen LogP contribution is -1.97. The fourth-order valence-corrected chi connectivity index (χ4v) is 2.63. The van der Waals surface area contributed by atoms with E-state index in [4.69, 9.17) is 27.9 Å². The fraction of sp³-hybridized carbons (Fsp3) is 0.0588. The standard InChI is InChI=1S/C17H12Cl2O2/c18-16-2-1-3-17(19)15(16)10-21-14-7-5-11-4-6-13(20)8-12(11)9-14/h1-9,20H,10H2. The molecular weight excluding hydrogens is 307 g/mol. The minimum atomic E-state index is 0.230. The van der Waals surface area contributed by atoms with Gasteiger partial charge in [0.15, 0.2) is 0 Å². The van der Waals surface area contributed by atoms with Gasteiger partial charge in [-0.05, 0) is 47.2 Å². The molecule has 21 heavy (non-hydrogen) atoms. The summed E-state index contributed by atoms with van der Waals surface area (Å²) in [6.07, 6.45) is 0. The van der Waals surface area contributed by atoms with E-state index in [2.05, 4.69) is 0 Å². The van der Waals surface area contributed by atoms with Crippen LogP contribution in [0.25, 0.3) is 10.8 Å². The molecule has 4 heteroatoms. The monoisotopic (exact) mass is 318 g/mol. The van der Waals surface area contributed by atoms with Crippen molar-refractivity contribution < 1.29 is 9.84 Å². The first-order valence-corrected chi connectivity index (χ1v) is 7.17. The molecule has 0 bridgehead atoms. The summed E-state index contributed by atoms with van der Waals surface area (Å²) in [5, 5.41) is 12.6. The largest absolute Gasteiger partial charge is 0.508 e. The first-order chi connectivity index (χ1) is 10.1. The van der Waals surface area contributed by atoms with Crippen LogP contribution in [0.15, 0.2) is 54.6 Å². The highest BCUT2D eigenvalue weighted by Crippen LogP contribution is 2.28. The Kier molecular flexibility index (Phi) is 3.91. The molecule has 3 aromatic rings. The summed E-state index contributed by atoms with van der Waals surface area (Å²) in [4.78, 5) is 0. The van der Waals surface area contributed by atoms with Gasteiger partial charge in [0, 0.05) is 15.6 Å². The second-order valence-corrected chi connectivity index (χ2v) is 5.50. The second kappa shape index (κ2) is 5.84. The van der Waals surface area contributed by atoms with E-state index >= 15 is 0 Å². The molecule has 2 nitrogen and oxygen atoms in total. The summed E-state index contributed by atoms with van der Waals surface area (Å²) >= 11 is 12.2. The van der Waals surface area contributed by atoms with Crippen LogP contribution in [-0.2, 0) is 6.61 Å². The minimum Gasteiger partial charge on any atom is -0.508 e. The summed E-state index contributed by atoms with van der Waals surface area (Å²) < 4.78 is 5.75. The van der Waals surface area contributed by atoms with Gasteiger partial charge in [-0.2, -0.15) is 0 Å². The molecule has 0 spiro atoms. The third kappa shape index (κ3) is 3.07. The van der Waals surface area contributed by atoms with Gasteiger partial charge >= 0.3 is 0 Å². The molecular formula is C17H12Cl2O2. The van der Waals surface area contributed by atoms with Crippen molar-refractivity contribution in [3.05, 3.63) is 70.2 Å². The average Bonchev–Trinajstić information content (AvgIpc) is 2.46. The van der Waals surface area contributed by atoms with Crippen molar-refractivity contribution in [3.63, 3.8) is 0 Å². The zero-order valence-electron chi connectivity index (χ0n) is 11.0. The number of benzene rings is 3. The maximum atomic E-state index is 9.53. The fourth-order valence-electron chi connectivity index (χ4n) is 2.13. The van der Waals surface area contributed by atoms with Crippen LogP contribution in [0.1, 0.15) is 5.56 Å². The van der Waals surface area contributed by atoms with Gasteiger partial charge in [-0.3, -0.25) is 0 Å². The van der Waals surface area contributed by atoms with Crippen LogP contribution in [-0.4, -0.2) is 5.11 Å². The van der Waals surface area contributed by atoms with Gasteiger partial charge in [-0.15, -0.1) is 0 Å². The molecule has 0 aromatic heterocycles. The third-order valence-corrected chi connectivity index (χ3v) is 3.95. The number of ether oxygens (including phenoxy) is 1. The van der Waals surface area contributed by atoms with Gasteiger partial charge in [0.25, 0.3) is 0 Å². The Bertz CT molecular complexity index is 780. The van der Waals surface area contributed by atoms with Gasteiger partial charge in [-0.1, -0.05) is 41.4 Å². The number of hydrogen-bond donors (Lipinski definition) is 1. The minimum absolute atomic E-state index is 0.230. The number of phenolic OH excluding ortho intramolecular Hbond substituents is 1. The maximum Gasteiger partial charge on any atom is 0.120 e. The molecule has 0 saturated heterocycles. The van der Waals surface area contributed by atoms with E-state index in [0.717, 1.165) is 16.3 Å². The van der Waals surface area contributed by atoms with E-state index in [1.54, 1.807) is 30.3 Å². The van der Waals surface area contributed by atoms with Crippen molar-refractivity contribution in [2.75, 3.05) is 0 Å². The molecule has 0 atom stereocenters. The van der Waals surface area contributed by atoms with Crippen LogP contribution in [0, 0.1) is 0 Å². The molecule has 0 radical (unpaired) electrons. The topological polar surface area (TPSA) is 29.5 Å². The van der Waals surface area contributed by atoms with E-state index in [1.807, 2.05) is 24.3 Å². The molecule has 0 unspecified atom stereocenters. The Labute approximate surface area is 132 Å². The van der Waals surface area contributed by atoms with Crippen LogP contribution in [0.5, 0.6) is 11.5 Å². The molecule has 0 fully saturated rings. The molecule has 0 heterocycles. The molecule has 0 aliphatic heterocycles. The Hall–Kier alpha value is -1.90. The highest BCUT2D eigenvalue weighted by molar-refractivity contribution is 6.35. The lowest BCUT2D eigenvalue weighted by molar-refractivity contribution is 0.307. The summed E-state index contributed by atoms with van der Waals surface area (Å²) in [6, 6.07) is 16.3. The molecule has 0 saturated carbocycles. The lowest BCUT2D eigenvalue weighted by Gasteiger charge is -2.10. The Morgan fingerprint density at radius 3 is 2.33 bits per heavy atom. The van der Waals surface area contributed by atoms with Crippen molar-refractivity contribution in [1.29, 1.82) is 0 Å². The van der Waals surface area contributed by atoms with Crippen LogP contribution in [0.4, 0.5) is 0 Å². The smallest absolute Gasteiger partial charge is 0.120 e. The zero-order valence-corrected chi connectivity index (χ0v) is 12.5. The van der Waals surface area contributed by atoms with Crippen LogP contribution in [0.3, 0.4) is 0 Å². The van der Waals surface area contributed by atoms with Gasteiger partial charge in [0.05, 0.1) is 0 Å². The molecule has 106 valence electrons. The number of rotatable bonds is 3. The van der Waals surface area contributed by atoms with Crippen LogP contribution < -0.4 is 4.74 Å². The molecule has 3 aromatic carbocycles. The average molecular weight is 319 g/mol. The summed E-state index contributed by atoms with van der Waals surface area (Å²) in [7, 11) is 0. The first-order valence-electron chi connectivity index (χ1n) is 6.42. The van der Waals surface area contributed by atoms with Gasteiger partial charge in [-0.25, -0.2) is 0 Å². The number of halogens is 2. The van der Waals surface area contributed by atoms with E-state index in [-0.39, 0.29) is 5.75 Å². The number of hydrogen-bond acceptors (Lipinski definition) is 2. The molecule has 3 rings (SSSR count). The molecule has 0 amide bonds. The van der Waals surface area contributed by atoms with Crippen molar-refractivity contribution in [1.82, 2.24) is 0 Å². The van der Waals surface area contributed by atoms with E-state index in [0.29, 0.717) is 22.4 Å². The SMILES string of the molecule is Oc1ccc2ccc(OCc3c(Cl)cccc3Cl)cc2c1. The maximum absolute atomic E-state index is 9.53. The Balaban J connectivity index is 1.85. The molecule has 0 aliphatic carbocycles. The van der Waals surface area contributed by atoms with Gasteiger partial charge < -0.3 is 9.84 Å². The third-order valence-electron chi connectivity index (χ3n) is 3.24. The highest BCUT2D eigenvalue weighted by atomic mass is 35.5. The number of fused-ring (bicyclic) bond motifs is 1. The summed E-state index contributed by atoms with van der Waals surface area (Å²) in [5.41, 5.74) is 0.761. The van der Waals surface area contributed by atoms with Crippen LogP contribution >= 0.6 is 23.2 Å². The second-order valence-electron chi connectivity index (χ2n) is 4.68. The molecule has 0 aliphatic rings. The van der Waals surface area contributed by atoms with E-state index in [1.165, 1.54) is 0 Å².